The number of thiophene rings is 1. The topological polar surface area (TPSA) is 82.8 Å². The Balaban J connectivity index is 1.90. The van der Waals surface area contributed by atoms with Crippen LogP contribution in [0.15, 0.2) is 0 Å². The second-order valence-corrected chi connectivity index (χ2v) is 5.89. The van der Waals surface area contributed by atoms with E-state index in [4.69, 9.17) is 19.9 Å². The van der Waals surface area contributed by atoms with Crippen LogP contribution in [0.1, 0.15) is 29.4 Å². The monoisotopic (exact) mass is 314 g/mol. The zero-order valence-electron chi connectivity index (χ0n) is 12.4. The molecule has 6 nitrogen and oxygen atoms in total. The highest BCUT2D eigenvalue weighted by molar-refractivity contribution is 7.19. The summed E-state index contributed by atoms with van der Waals surface area (Å²) in [6, 6.07) is 0. The van der Waals surface area contributed by atoms with E-state index < -0.39 is 5.97 Å². The Morgan fingerprint density at radius 2 is 2.24 bits per heavy atom. The fourth-order valence-electron chi connectivity index (χ4n) is 1.87. The Morgan fingerprint density at radius 1 is 1.48 bits per heavy atom. The Bertz CT molecular complexity index is 486. The second kappa shape index (κ2) is 7.51. The molecule has 1 aliphatic carbocycles. The molecule has 118 valence electrons. The molecule has 0 bridgehead atoms. The van der Waals surface area contributed by atoms with Gasteiger partial charge in [0, 0.05) is 13.2 Å². The third-order valence-corrected chi connectivity index (χ3v) is 4.27. The average molecular weight is 314 g/mol. The first-order valence-electron chi connectivity index (χ1n) is 7.12. The molecule has 0 spiro atoms. The number of nitrogens with one attached hydrogen (secondary N) is 1. The van der Waals surface area contributed by atoms with Crippen LogP contribution >= 0.6 is 11.3 Å². The summed E-state index contributed by atoms with van der Waals surface area (Å²) in [5.41, 5.74) is 6.26. The zero-order chi connectivity index (χ0) is 15.2. The molecule has 1 aliphatic rings. The van der Waals surface area contributed by atoms with Gasteiger partial charge in [0.25, 0.3) is 0 Å². The summed E-state index contributed by atoms with van der Waals surface area (Å²) in [5.74, 6) is 0.828. The molecule has 3 N–H and O–H groups in total. The molecule has 1 heterocycles. The van der Waals surface area contributed by atoms with Crippen LogP contribution in [0.25, 0.3) is 0 Å². The minimum atomic E-state index is -0.420. The first-order valence-corrected chi connectivity index (χ1v) is 7.94. The third kappa shape index (κ3) is 4.25. The van der Waals surface area contributed by atoms with E-state index in [-0.39, 0.29) is 0 Å². The molecule has 1 saturated carbocycles. The van der Waals surface area contributed by atoms with Crippen molar-refractivity contribution in [3.63, 3.8) is 0 Å². The summed E-state index contributed by atoms with van der Waals surface area (Å²) >= 11 is 1.24. The number of hydrogen-bond donors (Lipinski definition) is 2. The molecule has 0 aromatic carbocycles. The largest absolute Gasteiger partial charge is 0.492 e. The summed E-state index contributed by atoms with van der Waals surface area (Å²) in [5, 5.41) is 3.93. The first-order chi connectivity index (χ1) is 10.2. The Labute approximate surface area is 128 Å². The SMILES string of the molecule is CCOC(=O)c1sc(NCCOCC2CC2)c(OC)c1N. The van der Waals surface area contributed by atoms with Crippen molar-refractivity contribution in [1.29, 1.82) is 0 Å². The normalized spacial score (nSPS) is 14.0. The maximum Gasteiger partial charge on any atom is 0.350 e. The summed E-state index contributed by atoms with van der Waals surface area (Å²) < 4.78 is 15.8. The highest BCUT2D eigenvalue weighted by Gasteiger charge is 2.23. The highest BCUT2D eigenvalue weighted by Crippen LogP contribution is 2.42. The van der Waals surface area contributed by atoms with Crippen molar-refractivity contribution in [1.82, 2.24) is 0 Å². The van der Waals surface area contributed by atoms with Gasteiger partial charge in [0.15, 0.2) is 5.75 Å². The first kappa shape index (κ1) is 15.9. The number of anilines is 2. The number of esters is 1. The van der Waals surface area contributed by atoms with Gasteiger partial charge in [-0.2, -0.15) is 0 Å². The van der Waals surface area contributed by atoms with Crippen LogP contribution in [0.5, 0.6) is 5.75 Å². The van der Waals surface area contributed by atoms with E-state index in [9.17, 15) is 4.79 Å². The van der Waals surface area contributed by atoms with Crippen molar-refractivity contribution in [3.05, 3.63) is 4.88 Å². The molecular weight excluding hydrogens is 292 g/mol. The molecule has 1 aromatic rings. The summed E-state index contributed by atoms with van der Waals surface area (Å²) in [6.45, 7) is 4.17. The predicted octanol–water partition coefficient (Wildman–Crippen LogP) is 2.35. The van der Waals surface area contributed by atoms with Crippen molar-refractivity contribution in [2.45, 2.75) is 19.8 Å². The van der Waals surface area contributed by atoms with Crippen LogP contribution in [-0.4, -0.2) is 39.4 Å². The molecule has 2 rings (SSSR count). The van der Waals surface area contributed by atoms with Crippen LogP contribution in [-0.2, 0) is 9.47 Å². The Kier molecular flexibility index (Phi) is 5.69. The van der Waals surface area contributed by atoms with Gasteiger partial charge in [0.2, 0.25) is 0 Å². The highest BCUT2D eigenvalue weighted by atomic mass is 32.1. The van der Waals surface area contributed by atoms with Crippen LogP contribution in [0, 0.1) is 5.92 Å². The van der Waals surface area contributed by atoms with E-state index in [1.807, 2.05) is 0 Å². The number of nitrogen functional groups attached to an aromatic ring is 1. The van der Waals surface area contributed by atoms with Gasteiger partial charge in [-0.3, -0.25) is 0 Å². The molecular formula is C14H22N2O4S. The van der Waals surface area contributed by atoms with Crippen LogP contribution < -0.4 is 15.8 Å². The van der Waals surface area contributed by atoms with Crippen molar-refractivity contribution in [2.75, 3.05) is 44.5 Å². The lowest BCUT2D eigenvalue weighted by Crippen LogP contribution is -2.10. The molecule has 0 radical (unpaired) electrons. The molecule has 1 fully saturated rings. The van der Waals surface area contributed by atoms with Crippen molar-refractivity contribution in [2.24, 2.45) is 5.92 Å². The third-order valence-electron chi connectivity index (χ3n) is 3.15. The van der Waals surface area contributed by atoms with E-state index in [2.05, 4.69) is 5.32 Å². The summed E-state index contributed by atoms with van der Waals surface area (Å²) in [4.78, 5) is 12.2. The standard InChI is InChI=1S/C14H22N2O4S/c1-3-20-14(17)12-10(15)11(18-2)13(21-12)16-6-7-19-8-9-4-5-9/h9,16H,3-8,15H2,1-2H3. The van der Waals surface area contributed by atoms with E-state index in [0.717, 1.165) is 17.5 Å². The predicted molar refractivity (Wildman–Crippen MR) is 83.3 cm³/mol. The van der Waals surface area contributed by atoms with E-state index >= 15 is 0 Å². The maximum atomic E-state index is 11.8. The maximum absolute atomic E-state index is 11.8. The number of methoxy groups -OCH3 is 1. The number of carbonyl (C=O) groups is 1. The lowest BCUT2D eigenvalue weighted by molar-refractivity contribution is 0.0533. The molecule has 0 atom stereocenters. The zero-order valence-corrected chi connectivity index (χ0v) is 13.3. The fourth-order valence-corrected chi connectivity index (χ4v) is 2.88. The average Bonchev–Trinajstić information content (AvgIpc) is 3.22. The molecule has 1 aromatic heterocycles. The Morgan fingerprint density at radius 3 is 2.86 bits per heavy atom. The molecule has 0 unspecified atom stereocenters. The van der Waals surface area contributed by atoms with Gasteiger partial charge >= 0.3 is 5.97 Å². The molecule has 7 heteroatoms. The van der Waals surface area contributed by atoms with Crippen LogP contribution in [0.3, 0.4) is 0 Å². The molecule has 21 heavy (non-hydrogen) atoms. The minimum absolute atomic E-state index is 0.316. The number of hydrogen-bond acceptors (Lipinski definition) is 7. The smallest absolute Gasteiger partial charge is 0.350 e. The van der Waals surface area contributed by atoms with Crippen molar-refractivity contribution >= 4 is 28.0 Å². The van der Waals surface area contributed by atoms with Crippen molar-refractivity contribution < 1.29 is 19.0 Å². The molecule has 0 amide bonds. The van der Waals surface area contributed by atoms with Gasteiger partial charge in [0.05, 0.1) is 20.3 Å². The van der Waals surface area contributed by atoms with Crippen molar-refractivity contribution in [3.8, 4) is 5.75 Å². The Hall–Kier alpha value is -1.47. The van der Waals surface area contributed by atoms with Gasteiger partial charge in [-0.05, 0) is 25.7 Å². The lowest BCUT2D eigenvalue weighted by Gasteiger charge is -2.07. The quantitative estimate of drug-likeness (QED) is 0.538. The minimum Gasteiger partial charge on any atom is -0.492 e. The second-order valence-electron chi connectivity index (χ2n) is 4.87. The van der Waals surface area contributed by atoms with E-state index in [1.165, 1.54) is 31.3 Å². The van der Waals surface area contributed by atoms with Gasteiger partial charge in [-0.15, -0.1) is 11.3 Å². The number of carbonyl (C=O) groups excluding carboxylic acids is 1. The molecule has 0 aliphatic heterocycles. The van der Waals surface area contributed by atoms with E-state index in [1.54, 1.807) is 6.92 Å². The number of rotatable bonds is 9. The summed E-state index contributed by atoms with van der Waals surface area (Å²) in [7, 11) is 1.53. The lowest BCUT2D eigenvalue weighted by atomic mass is 10.3. The number of nitrogens with two attached hydrogens (primary N) is 1. The van der Waals surface area contributed by atoms with Crippen LogP contribution in [0.2, 0.25) is 0 Å². The van der Waals surface area contributed by atoms with Gasteiger partial charge < -0.3 is 25.3 Å². The van der Waals surface area contributed by atoms with Gasteiger partial charge in [-0.1, -0.05) is 0 Å². The molecule has 0 saturated heterocycles. The van der Waals surface area contributed by atoms with Gasteiger partial charge in [-0.25, -0.2) is 4.79 Å². The van der Waals surface area contributed by atoms with Gasteiger partial charge in [0.1, 0.15) is 15.6 Å². The van der Waals surface area contributed by atoms with E-state index in [0.29, 0.717) is 36.1 Å². The number of ether oxygens (including phenoxy) is 3. The van der Waals surface area contributed by atoms with Crippen LogP contribution in [0.4, 0.5) is 10.7 Å². The fraction of sp³-hybridized carbons (Fsp3) is 0.643. The summed E-state index contributed by atoms with van der Waals surface area (Å²) in [6.07, 6.45) is 2.57.